The van der Waals surface area contributed by atoms with Crippen molar-refractivity contribution in [2.24, 2.45) is 4.99 Å². The Bertz CT molecular complexity index is 525. The number of likely N-dealkylation sites (tertiary alicyclic amines) is 1. The highest BCUT2D eigenvalue weighted by Crippen LogP contribution is 2.15. The number of rotatable bonds is 3. The van der Waals surface area contributed by atoms with Crippen molar-refractivity contribution in [3.05, 3.63) is 0 Å². The molecule has 8 nitrogen and oxygen atoms in total. The average molecular weight is 510 g/mol. The van der Waals surface area contributed by atoms with Crippen molar-refractivity contribution in [1.29, 1.82) is 0 Å². The molecule has 2 aliphatic heterocycles. The lowest BCUT2D eigenvalue weighted by molar-refractivity contribution is 0.0193. The van der Waals surface area contributed by atoms with Crippen molar-refractivity contribution in [1.82, 2.24) is 25.3 Å². The van der Waals surface area contributed by atoms with E-state index in [0.29, 0.717) is 12.6 Å². The molecule has 2 saturated heterocycles. The molecule has 2 rings (SSSR count). The summed E-state index contributed by atoms with van der Waals surface area (Å²) in [4.78, 5) is 23.3. The van der Waals surface area contributed by atoms with E-state index in [0.717, 1.165) is 51.5 Å². The number of halogens is 1. The van der Waals surface area contributed by atoms with Crippen molar-refractivity contribution in [3.8, 4) is 0 Å². The molecule has 2 heterocycles. The molecular formula is C19H39IN6O2. The summed E-state index contributed by atoms with van der Waals surface area (Å²) in [5.74, 6) is 0.799. The first-order valence-corrected chi connectivity index (χ1v) is 10.0. The third kappa shape index (κ3) is 8.28. The van der Waals surface area contributed by atoms with E-state index in [1.54, 1.807) is 11.9 Å². The quantitative estimate of drug-likeness (QED) is 0.340. The first kappa shape index (κ1) is 25.2. The molecule has 0 radical (unpaired) electrons. The normalized spacial score (nSPS) is 25.1. The lowest BCUT2D eigenvalue weighted by atomic mass is 10.1. The molecule has 1 amide bonds. The zero-order valence-electron chi connectivity index (χ0n) is 18.3. The molecule has 0 saturated carbocycles. The monoisotopic (exact) mass is 510 g/mol. The van der Waals surface area contributed by atoms with Crippen LogP contribution in [-0.2, 0) is 4.74 Å². The van der Waals surface area contributed by atoms with Gasteiger partial charge in [-0.15, -0.1) is 24.0 Å². The van der Waals surface area contributed by atoms with E-state index in [4.69, 9.17) is 4.74 Å². The Morgan fingerprint density at radius 2 is 1.89 bits per heavy atom. The molecule has 0 aromatic carbocycles. The van der Waals surface area contributed by atoms with Crippen molar-refractivity contribution < 1.29 is 9.53 Å². The lowest BCUT2D eigenvalue weighted by Gasteiger charge is -2.38. The summed E-state index contributed by atoms with van der Waals surface area (Å²) in [5, 5.41) is 6.93. The van der Waals surface area contributed by atoms with Gasteiger partial charge in [0.15, 0.2) is 5.96 Å². The first-order chi connectivity index (χ1) is 12.7. The molecule has 0 aliphatic carbocycles. The largest absolute Gasteiger partial charge is 0.444 e. The number of hydrogen-bond donors (Lipinski definition) is 2. The number of carbonyl (C=O) groups excluding carboxylic acids is 1. The third-order valence-corrected chi connectivity index (χ3v) is 5.12. The molecule has 0 bridgehead atoms. The Morgan fingerprint density at radius 1 is 1.18 bits per heavy atom. The van der Waals surface area contributed by atoms with Gasteiger partial charge in [0.2, 0.25) is 0 Å². The fraction of sp³-hybridized carbons (Fsp3) is 0.895. The standard InChI is InChI=1S/C19H38N6O2.HI/c1-19(2,3)27-18(26)25-9-7-8-15(13-25)22-17(20-4)21-12-16-14-23(5)10-11-24(16)6;/h15-16H,7-14H2,1-6H3,(H2,20,21,22);1H. The minimum absolute atomic E-state index is 0. The van der Waals surface area contributed by atoms with Gasteiger partial charge in [-0.3, -0.25) is 9.89 Å². The second-order valence-electron chi connectivity index (χ2n) is 8.76. The van der Waals surface area contributed by atoms with Gasteiger partial charge in [0.1, 0.15) is 5.60 Å². The Balaban J connectivity index is 0.00000392. The van der Waals surface area contributed by atoms with E-state index in [9.17, 15) is 4.79 Å². The van der Waals surface area contributed by atoms with E-state index in [-0.39, 0.29) is 36.1 Å². The number of nitrogens with zero attached hydrogens (tertiary/aromatic N) is 4. The number of hydrogen-bond acceptors (Lipinski definition) is 5. The van der Waals surface area contributed by atoms with Crippen LogP contribution in [0.4, 0.5) is 4.79 Å². The summed E-state index contributed by atoms with van der Waals surface area (Å²) in [6.45, 7) is 11.2. The summed E-state index contributed by atoms with van der Waals surface area (Å²) in [6.07, 6.45) is 1.75. The molecule has 0 aromatic heterocycles. The smallest absolute Gasteiger partial charge is 0.410 e. The number of likely N-dealkylation sites (N-methyl/N-ethyl adjacent to an activating group) is 2. The molecule has 2 atom stereocenters. The summed E-state index contributed by atoms with van der Waals surface area (Å²) < 4.78 is 5.51. The van der Waals surface area contributed by atoms with E-state index < -0.39 is 5.60 Å². The number of nitrogens with one attached hydrogen (secondary N) is 2. The van der Waals surface area contributed by atoms with Crippen molar-refractivity contribution in [2.75, 3.05) is 60.4 Å². The van der Waals surface area contributed by atoms with E-state index in [1.807, 2.05) is 20.8 Å². The van der Waals surface area contributed by atoms with Crippen molar-refractivity contribution in [3.63, 3.8) is 0 Å². The summed E-state index contributed by atoms with van der Waals surface area (Å²) in [7, 11) is 6.14. The molecule has 2 aliphatic rings. The van der Waals surface area contributed by atoms with Gasteiger partial charge >= 0.3 is 6.09 Å². The van der Waals surface area contributed by atoms with Gasteiger partial charge in [-0.1, -0.05) is 0 Å². The minimum Gasteiger partial charge on any atom is -0.444 e. The molecule has 2 fully saturated rings. The number of amides is 1. The van der Waals surface area contributed by atoms with Crippen LogP contribution in [0.2, 0.25) is 0 Å². The summed E-state index contributed by atoms with van der Waals surface area (Å²) in [6, 6.07) is 0.649. The number of aliphatic imine (C=N–C) groups is 1. The van der Waals surface area contributed by atoms with Gasteiger partial charge in [0.05, 0.1) is 0 Å². The zero-order chi connectivity index (χ0) is 20.0. The van der Waals surface area contributed by atoms with Crippen LogP contribution in [-0.4, -0.2) is 105 Å². The van der Waals surface area contributed by atoms with Gasteiger partial charge in [0.25, 0.3) is 0 Å². The van der Waals surface area contributed by atoms with Crippen molar-refractivity contribution >= 4 is 36.0 Å². The second kappa shape index (κ2) is 11.4. The molecule has 0 spiro atoms. The number of carbonyl (C=O) groups is 1. The van der Waals surface area contributed by atoms with Gasteiger partial charge < -0.3 is 25.2 Å². The minimum atomic E-state index is -0.464. The van der Waals surface area contributed by atoms with E-state index in [1.165, 1.54) is 0 Å². The Hall–Kier alpha value is -0.810. The number of ether oxygens (including phenoxy) is 1. The maximum absolute atomic E-state index is 12.3. The van der Waals surface area contributed by atoms with Crippen LogP contribution in [0.5, 0.6) is 0 Å². The lowest BCUT2D eigenvalue weighted by Crippen LogP contribution is -2.57. The highest BCUT2D eigenvalue weighted by Gasteiger charge is 2.28. The van der Waals surface area contributed by atoms with E-state index in [2.05, 4.69) is 39.5 Å². The molecule has 2 unspecified atom stereocenters. The number of piperidine rings is 1. The highest BCUT2D eigenvalue weighted by molar-refractivity contribution is 14.0. The van der Waals surface area contributed by atoms with Crippen LogP contribution in [0.15, 0.2) is 4.99 Å². The van der Waals surface area contributed by atoms with Crippen LogP contribution in [0.3, 0.4) is 0 Å². The predicted octanol–water partition coefficient (Wildman–Crippen LogP) is 1.41. The van der Waals surface area contributed by atoms with Crippen LogP contribution in [0, 0.1) is 0 Å². The fourth-order valence-electron chi connectivity index (χ4n) is 3.51. The fourth-order valence-corrected chi connectivity index (χ4v) is 3.51. The topological polar surface area (TPSA) is 72.4 Å². The number of piperazine rings is 1. The summed E-state index contributed by atoms with van der Waals surface area (Å²) in [5.41, 5.74) is -0.464. The maximum Gasteiger partial charge on any atom is 0.410 e. The molecule has 0 aromatic rings. The maximum atomic E-state index is 12.3. The Kier molecular flexibility index (Phi) is 10.3. The molecule has 9 heteroatoms. The second-order valence-corrected chi connectivity index (χ2v) is 8.76. The third-order valence-electron chi connectivity index (χ3n) is 5.12. The molecule has 28 heavy (non-hydrogen) atoms. The van der Waals surface area contributed by atoms with Crippen LogP contribution >= 0.6 is 24.0 Å². The predicted molar refractivity (Wildman–Crippen MR) is 125 cm³/mol. The van der Waals surface area contributed by atoms with Crippen molar-refractivity contribution in [2.45, 2.75) is 51.3 Å². The van der Waals surface area contributed by atoms with Gasteiger partial charge in [-0.05, 0) is 47.7 Å². The Morgan fingerprint density at radius 3 is 2.54 bits per heavy atom. The SMILES string of the molecule is CN=C(NCC1CN(C)CCN1C)NC1CCCN(C(=O)OC(C)(C)C)C1.I. The average Bonchev–Trinajstić information content (AvgIpc) is 2.60. The highest BCUT2D eigenvalue weighted by atomic mass is 127. The molecule has 164 valence electrons. The van der Waals surface area contributed by atoms with E-state index >= 15 is 0 Å². The van der Waals surface area contributed by atoms with Crippen LogP contribution < -0.4 is 10.6 Å². The molecular weight excluding hydrogens is 471 g/mol. The zero-order valence-corrected chi connectivity index (χ0v) is 20.7. The molecule has 2 N–H and O–H groups in total. The van der Waals surface area contributed by atoms with Crippen LogP contribution in [0.1, 0.15) is 33.6 Å². The van der Waals surface area contributed by atoms with Gasteiger partial charge in [-0.2, -0.15) is 0 Å². The Labute approximate surface area is 187 Å². The first-order valence-electron chi connectivity index (χ1n) is 10.0. The summed E-state index contributed by atoms with van der Waals surface area (Å²) >= 11 is 0. The van der Waals surface area contributed by atoms with Gasteiger partial charge in [-0.25, -0.2) is 4.79 Å². The van der Waals surface area contributed by atoms with Crippen LogP contribution in [0.25, 0.3) is 0 Å². The number of guanidine groups is 1. The van der Waals surface area contributed by atoms with Gasteiger partial charge in [0, 0.05) is 58.4 Å².